The van der Waals surface area contributed by atoms with Crippen molar-refractivity contribution in [2.45, 2.75) is 0 Å². The molecule has 0 aromatic heterocycles. The van der Waals surface area contributed by atoms with Gasteiger partial charge >= 0.3 is 0 Å². The second-order valence-corrected chi connectivity index (χ2v) is 1.21. The highest BCUT2D eigenvalue weighted by molar-refractivity contribution is 5.85. The van der Waals surface area contributed by atoms with Crippen LogP contribution in [0.2, 0.25) is 0 Å². The first-order valence-electron chi connectivity index (χ1n) is 2.42. The number of nitrogens with two attached hydrogens (primary N) is 1. The van der Waals surface area contributed by atoms with Crippen molar-refractivity contribution >= 4 is 12.4 Å². The topological polar surface area (TPSA) is 64.7 Å². The Morgan fingerprint density at radius 1 is 1.22 bits per heavy atom. The summed E-state index contributed by atoms with van der Waals surface area (Å²) in [6, 6.07) is 0. The monoisotopic (exact) mass is 157 g/mol. The van der Waals surface area contributed by atoms with Gasteiger partial charge in [-0.3, -0.25) is 0 Å². The molecule has 0 aromatic carbocycles. The third-order valence-electron chi connectivity index (χ3n) is 0.581. The van der Waals surface area contributed by atoms with E-state index >= 15 is 0 Å². The molecule has 0 fully saturated rings. The van der Waals surface area contributed by atoms with Crippen LogP contribution in [0.3, 0.4) is 0 Å². The molecule has 5 heteroatoms. The molecule has 4 nitrogen and oxygen atoms in total. The molecule has 0 saturated heterocycles. The molecule has 0 heterocycles. The lowest BCUT2D eigenvalue weighted by atomic mass is 10.7. The number of ether oxygens (including phenoxy) is 1. The van der Waals surface area contributed by atoms with Gasteiger partial charge < -0.3 is 14.7 Å². The van der Waals surface area contributed by atoms with Crippen LogP contribution in [0, 0.1) is 0 Å². The quantitative estimate of drug-likeness (QED) is 0.410. The fraction of sp³-hybridized carbons (Fsp3) is 1.00. The molecule has 3 N–H and O–H groups in total. The molecule has 0 atom stereocenters. The summed E-state index contributed by atoms with van der Waals surface area (Å²) in [4.78, 5) is 4.18. The first-order chi connectivity index (χ1) is 3.91. The van der Waals surface area contributed by atoms with Crippen LogP contribution in [0.4, 0.5) is 0 Å². The first-order valence-corrected chi connectivity index (χ1v) is 2.42. The van der Waals surface area contributed by atoms with E-state index in [1.807, 2.05) is 0 Å². The van der Waals surface area contributed by atoms with Gasteiger partial charge in [-0.05, 0) is 0 Å². The maximum atomic E-state index is 8.17. The van der Waals surface area contributed by atoms with E-state index in [9.17, 15) is 0 Å². The highest BCUT2D eigenvalue weighted by Gasteiger charge is 1.82. The van der Waals surface area contributed by atoms with Crippen molar-refractivity contribution < 1.29 is 14.7 Å². The standard InChI is InChI=1S/C4H11NO3.ClH/c5-8-4-3-7-2-1-6;/h6H,1-5H2;1H. The average Bonchev–Trinajstić information content (AvgIpc) is 1.81. The minimum absolute atomic E-state index is 0. The summed E-state index contributed by atoms with van der Waals surface area (Å²) in [5, 5.41) is 8.17. The minimum atomic E-state index is 0. The Morgan fingerprint density at radius 3 is 2.33 bits per heavy atom. The van der Waals surface area contributed by atoms with E-state index in [-0.39, 0.29) is 19.0 Å². The van der Waals surface area contributed by atoms with Gasteiger partial charge in [-0.2, -0.15) is 0 Å². The summed E-state index contributed by atoms with van der Waals surface area (Å²) in [5.74, 6) is 4.67. The molecule has 0 aliphatic heterocycles. The lowest BCUT2D eigenvalue weighted by molar-refractivity contribution is 0.0330. The van der Waals surface area contributed by atoms with Crippen molar-refractivity contribution in [2.75, 3.05) is 26.4 Å². The summed E-state index contributed by atoms with van der Waals surface area (Å²) in [5.41, 5.74) is 0. The fourth-order valence-corrected chi connectivity index (χ4v) is 0.274. The Hall–Kier alpha value is 0.130. The van der Waals surface area contributed by atoms with E-state index in [0.717, 1.165) is 0 Å². The molecular weight excluding hydrogens is 146 g/mol. The molecule has 9 heavy (non-hydrogen) atoms. The number of aliphatic hydroxyl groups is 1. The Morgan fingerprint density at radius 2 is 1.89 bits per heavy atom. The molecule has 0 bridgehead atoms. The van der Waals surface area contributed by atoms with Gasteiger partial charge in [0.25, 0.3) is 0 Å². The predicted octanol–water partition coefficient (Wildman–Crippen LogP) is -0.693. The Balaban J connectivity index is 0. The summed E-state index contributed by atoms with van der Waals surface area (Å²) in [6.07, 6.45) is 0. The summed E-state index contributed by atoms with van der Waals surface area (Å²) in [6.45, 7) is 1.21. The van der Waals surface area contributed by atoms with Crippen LogP contribution in [-0.2, 0) is 9.57 Å². The van der Waals surface area contributed by atoms with Gasteiger partial charge in [-0.25, -0.2) is 5.90 Å². The van der Waals surface area contributed by atoms with Crippen LogP contribution in [0.1, 0.15) is 0 Å². The molecule has 0 spiro atoms. The van der Waals surface area contributed by atoms with Gasteiger partial charge in [0.1, 0.15) is 0 Å². The molecule has 0 saturated carbocycles. The van der Waals surface area contributed by atoms with E-state index in [0.29, 0.717) is 19.8 Å². The molecular formula is C4H12ClNO3. The second kappa shape index (κ2) is 11.0. The molecule has 0 unspecified atom stereocenters. The zero-order valence-corrected chi connectivity index (χ0v) is 5.89. The van der Waals surface area contributed by atoms with E-state index in [1.54, 1.807) is 0 Å². The van der Waals surface area contributed by atoms with E-state index < -0.39 is 0 Å². The summed E-state index contributed by atoms with van der Waals surface area (Å²) < 4.78 is 4.77. The van der Waals surface area contributed by atoms with Crippen molar-refractivity contribution in [3.63, 3.8) is 0 Å². The van der Waals surface area contributed by atoms with Crippen LogP contribution in [-0.4, -0.2) is 31.5 Å². The Kier molecular flexibility index (Phi) is 14.5. The van der Waals surface area contributed by atoms with Crippen LogP contribution in [0.15, 0.2) is 0 Å². The number of aliphatic hydroxyl groups excluding tert-OH is 1. The van der Waals surface area contributed by atoms with Gasteiger partial charge in [0.05, 0.1) is 26.4 Å². The molecule has 0 radical (unpaired) electrons. The van der Waals surface area contributed by atoms with Crippen molar-refractivity contribution in [2.24, 2.45) is 5.90 Å². The molecule has 0 aliphatic carbocycles. The third kappa shape index (κ3) is 11.6. The number of hydrogen-bond acceptors (Lipinski definition) is 4. The van der Waals surface area contributed by atoms with Gasteiger partial charge in [-0.15, -0.1) is 12.4 Å². The predicted molar refractivity (Wildman–Crippen MR) is 35.3 cm³/mol. The van der Waals surface area contributed by atoms with Crippen LogP contribution < -0.4 is 5.90 Å². The summed E-state index contributed by atoms with van der Waals surface area (Å²) >= 11 is 0. The largest absolute Gasteiger partial charge is 0.394 e. The molecule has 58 valence electrons. The van der Waals surface area contributed by atoms with Gasteiger partial charge in [0.15, 0.2) is 0 Å². The lowest BCUT2D eigenvalue weighted by Gasteiger charge is -1.97. The third-order valence-corrected chi connectivity index (χ3v) is 0.581. The zero-order valence-electron chi connectivity index (χ0n) is 5.08. The van der Waals surface area contributed by atoms with Crippen LogP contribution in [0.25, 0.3) is 0 Å². The van der Waals surface area contributed by atoms with Crippen LogP contribution in [0.5, 0.6) is 0 Å². The number of hydrogen-bond donors (Lipinski definition) is 2. The average molecular weight is 158 g/mol. The molecule has 0 rings (SSSR count). The smallest absolute Gasteiger partial charge is 0.0913 e. The van der Waals surface area contributed by atoms with Crippen molar-refractivity contribution in [1.82, 2.24) is 0 Å². The van der Waals surface area contributed by atoms with Crippen molar-refractivity contribution in [3.05, 3.63) is 0 Å². The maximum absolute atomic E-state index is 8.17. The molecule has 0 amide bonds. The normalized spacial score (nSPS) is 8.67. The second-order valence-electron chi connectivity index (χ2n) is 1.21. The highest BCUT2D eigenvalue weighted by atomic mass is 35.5. The van der Waals surface area contributed by atoms with E-state index in [1.165, 1.54) is 0 Å². The minimum Gasteiger partial charge on any atom is -0.394 e. The SMILES string of the molecule is Cl.NOCCOCCO. The zero-order chi connectivity index (χ0) is 6.24. The van der Waals surface area contributed by atoms with E-state index in [2.05, 4.69) is 10.7 Å². The summed E-state index contributed by atoms with van der Waals surface area (Å²) in [7, 11) is 0. The maximum Gasteiger partial charge on any atom is 0.0913 e. The van der Waals surface area contributed by atoms with Gasteiger partial charge in [-0.1, -0.05) is 0 Å². The van der Waals surface area contributed by atoms with E-state index in [4.69, 9.17) is 9.84 Å². The Labute approximate surface area is 60.3 Å². The van der Waals surface area contributed by atoms with Crippen molar-refractivity contribution in [1.29, 1.82) is 0 Å². The number of rotatable bonds is 5. The Bertz CT molecular complexity index is 40.8. The van der Waals surface area contributed by atoms with Crippen LogP contribution >= 0.6 is 12.4 Å². The van der Waals surface area contributed by atoms with Crippen molar-refractivity contribution in [3.8, 4) is 0 Å². The lowest BCUT2D eigenvalue weighted by Crippen LogP contribution is -2.09. The van der Waals surface area contributed by atoms with Gasteiger partial charge in [0, 0.05) is 0 Å². The molecule has 0 aliphatic rings. The highest BCUT2D eigenvalue weighted by Crippen LogP contribution is 1.71. The first kappa shape index (κ1) is 11.9. The molecule has 0 aromatic rings. The van der Waals surface area contributed by atoms with Gasteiger partial charge in [0.2, 0.25) is 0 Å². The fourth-order valence-electron chi connectivity index (χ4n) is 0.274. The number of halogens is 1.